The summed E-state index contributed by atoms with van der Waals surface area (Å²) in [4.78, 5) is 14.9. The topological polar surface area (TPSA) is 101 Å². The third-order valence-electron chi connectivity index (χ3n) is 4.66. The van der Waals surface area contributed by atoms with Crippen LogP contribution in [0.25, 0.3) is 11.3 Å². The maximum Gasteiger partial charge on any atom is 0.279 e. The van der Waals surface area contributed by atoms with E-state index in [0.717, 1.165) is 0 Å². The van der Waals surface area contributed by atoms with E-state index in [-0.39, 0.29) is 29.6 Å². The van der Waals surface area contributed by atoms with Crippen LogP contribution in [0, 0.1) is 5.82 Å². The van der Waals surface area contributed by atoms with Crippen molar-refractivity contribution >= 4 is 12.2 Å². The monoisotopic (exact) mass is 445 g/mol. The minimum atomic E-state index is -0.382. The van der Waals surface area contributed by atoms with Gasteiger partial charge < -0.3 is 9.47 Å². The van der Waals surface area contributed by atoms with E-state index in [0.29, 0.717) is 28.2 Å². The summed E-state index contributed by atoms with van der Waals surface area (Å²) < 4.78 is 24.9. The van der Waals surface area contributed by atoms with Crippen LogP contribution in [0.3, 0.4) is 0 Å². The molecule has 166 valence electrons. The van der Waals surface area contributed by atoms with Crippen LogP contribution < -0.4 is 20.5 Å². The Balaban J connectivity index is 1.41. The Morgan fingerprint density at radius 3 is 2.58 bits per heavy atom. The fraction of sp³-hybridized carbons (Fsp3) is 0.0833. The number of benzene rings is 3. The van der Waals surface area contributed by atoms with Crippen molar-refractivity contribution in [2.45, 2.75) is 6.61 Å². The molecule has 0 fully saturated rings. The van der Waals surface area contributed by atoms with Crippen LogP contribution in [0.5, 0.6) is 11.5 Å². The lowest BCUT2D eigenvalue weighted by atomic mass is 10.2. The minimum absolute atomic E-state index is 0.0725. The summed E-state index contributed by atoms with van der Waals surface area (Å²) in [5, 5.41) is 12.0. The second-order valence-corrected chi connectivity index (χ2v) is 6.88. The number of nitrogens with one attached hydrogen (secondary N) is 2. The fourth-order valence-corrected chi connectivity index (χ4v) is 2.99. The molecule has 9 heteroatoms. The maximum absolute atomic E-state index is 13.8. The average Bonchev–Trinajstić information content (AvgIpc) is 2.84. The highest BCUT2D eigenvalue weighted by Crippen LogP contribution is 2.28. The van der Waals surface area contributed by atoms with E-state index in [9.17, 15) is 9.18 Å². The third-order valence-corrected chi connectivity index (χ3v) is 4.66. The number of aromatic nitrogens is 3. The molecule has 1 aromatic heterocycles. The molecular weight excluding hydrogens is 425 g/mol. The zero-order valence-electron chi connectivity index (χ0n) is 17.7. The van der Waals surface area contributed by atoms with Crippen LogP contribution >= 0.6 is 0 Å². The van der Waals surface area contributed by atoms with E-state index in [1.54, 1.807) is 48.5 Å². The summed E-state index contributed by atoms with van der Waals surface area (Å²) >= 11 is 0. The normalized spacial score (nSPS) is 10.8. The first-order valence-corrected chi connectivity index (χ1v) is 10.00. The molecule has 0 amide bonds. The number of H-pyrrole nitrogens is 1. The summed E-state index contributed by atoms with van der Waals surface area (Å²) in [7, 11) is 1.51. The molecule has 0 aliphatic carbocycles. The molecule has 0 unspecified atom stereocenters. The highest BCUT2D eigenvalue weighted by Gasteiger charge is 2.08. The Kier molecular flexibility index (Phi) is 6.70. The van der Waals surface area contributed by atoms with Crippen molar-refractivity contribution in [3.05, 3.63) is 100 Å². The van der Waals surface area contributed by atoms with Crippen molar-refractivity contribution in [2.75, 3.05) is 12.5 Å². The van der Waals surface area contributed by atoms with Gasteiger partial charge in [-0.2, -0.15) is 5.10 Å². The van der Waals surface area contributed by atoms with Crippen molar-refractivity contribution in [1.29, 1.82) is 0 Å². The first-order chi connectivity index (χ1) is 16.1. The van der Waals surface area contributed by atoms with Gasteiger partial charge in [-0.1, -0.05) is 48.5 Å². The van der Waals surface area contributed by atoms with E-state index in [4.69, 9.17) is 9.47 Å². The molecule has 2 N–H and O–H groups in total. The van der Waals surface area contributed by atoms with Gasteiger partial charge in [0, 0.05) is 11.1 Å². The lowest BCUT2D eigenvalue weighted by Gasteiger charge is -2.11. The smallest absolute Gasteiger partial charge is 0.279 e. The molecular formula is C24H20FN5O3. The van der Waals surface area contributed by atoms with Crippen LogP contribution in [0.15, 0.2) is 82.7 Å². The van der Waals surface area contributed by atoms with Gasteiger partial charge in [0.1, 0.15) is 12.4 Å². The standard InChI is InChI=1S/C24H20FN5O3/c1-32-21-13-16(11-12-20(21)33-15-18-9-5-6-10-19(18)25)14-26-29-24-27-23(31)22(28-30-24)17-7-3-2-4-8-17/h2-14H,15H2,1H3,(H2,27,29,30,31)/b26-14+. The SMILES string of the molecule is COc1cc(/C=N/Nc2nnc(-c3ccccc3)c(=O)[nH]2)ccc1OCc1ccccc1F. The first-order valence-electron chi connectivity index (χ1n) is 10.00. The van der Waals surface area contributed by atoms with Gasteiger partial charge in [0.25, 0.3) is 5.56 Å². The Hall–Kier alpha value is -4.53. The van der Waals surface area contributed by atoms with Gasteiger partial charge in [-0.25, -0.2) is 9.82 Å². The number of methoxy groups -OCH3 is 1. The summed E-state index contributed by atoms with van der Waals surface area (Å²) in [5.41, 5.74) is 4.31. The van der Waals surface area contributed by atoms with Gasteiger partial charge in [-0.05, 0) is 29.8 Å². The zero-order valence-corrected chi connectivity index (χ0v) is 17.7. The summed E-state index contributed by atoms with van der Waals surface area (Å²) in [6, 6.07) is 20.6. The van der Waals surface area contributed by atoms with Gasteiger partial charge in [0.15, 0.2) is 17.2 Å². The maximum atomic E-state index is 13.8. The van der Waals surface area contributed by atoms with E-state index in [1.165, 1.54) is 19.4 Å². The molecule has 0 bridgehead atoms. The lowest BCUT2D eigenvalue weighted by molar-refractivity contribution is 0.279. The predicted octanol–water partition coefficient (Wildman–Crippen LogP) is 4.00. The predicted molar refractivity (Wildman–Crippen MR) is 123 cm³/mol. The molecule has 4 aromatic rings. The Morgan fingerprint density at radius 2 is 1.82 bits per heavy atom. The van der Waals surface area contributed by atoms with Gasteiger partial charge in [-0.15, -0.1) is 10.2 Å². The number of aromatic amines is 1. The number of halogens is 1. The molecule has 0 spiro atoms. The number of anilines is 1. The number of nitrogens with zero attached hydrogens (tertiary/aromatic N) is 3. The first kappa shape index (κ1) is 21.7. The lowest BCUT2D eigenvalue weighted by Crippen LogP contribution is -2.15. The zero-order chi connectivity index (χ0) is 23.0. The van der Waals surface area contributed by atoms with E-state index in [2.05, 4.69) is 25.7 Å². The largest absolute Gasteiger partial charge is 0.493 e. The number of hydrogen-bond acceptors (Lipinski definition) is 7. The second kappa shape index (κ2) is 10.2. The van der Waals surface area contributed by atoms with Gasteiger partial charge >= 0.3 is 0 Å². The average molecular weight is 445 g/mol. The summed E-state index contributed by atoms with van der Waals surface area (Å²) in [6.07, 6.45) is 1.52. The summed E-state index contributed by atoms with van der Waals surface area (Å²) in [6.45, 7) is 0.0725. The highest BCUT2D eigenvalue weighted by atomic mass is 19.1. The number of hydrazone groups is 1. The van der Waals surface area contributed by atoms with Crippen molar-refractivity contribution in [3.63, 3.8) is 0 Å². The molecule has 1 heterocycles. The molecule has 0 aliphatic rings. The van der Waals surface area contributed by atoms with Crippen molar-refractivity contribution in [3.8, 4) is 22.8 Å². The highest BCUT2D eigenvalue weighted by molar-refractivity contribution is 5.81. The Labute approximate surface area is 188 Å². The van der Waals surface area contributed by atoms with Crippen molar-refractivity contribution in [2.24, 2.45) is 5.10 Å². The van der Waals surface area contributed by atoms with Crippen LogP contribution in [0.2, 0.25) is 0 Å². The summed E-state index contributed by atoms with van der Waals surface area (Å²) in [5.74, 6) is 0.713. The molecule has 8 nitrogen and oxygen atoms in total. The van der Waals surface area contributed by atoms with Crippen LogP contribution in [-0.4, -0.2) is 28.5 Å². The molecule has 0 radical (unpaired) electrons. The minimum Gasteiger partial charge on any atom is -0.493 e. The van der Waals surface area contributed by atoms with E-state index >= 15 is 0 Å². The molecule has 4 rings (SSSR count). The fourth-order valence-electron chi connectivity index (χ4n) is 2.99. The molecule has 0 aliphatic heterocycles. The van der Waals surface area contributed by atoms with Gasteiger partial charge in [-0.3, -0.25) is 9.78 Å². The molecule has 0 saturated heterocycles. The molecule has 33 heavy (non-hydrogen) atoms. The second-order valence-electron chi connectivity index (χ2n) is 6.88. The third kappa shape index (κ3) is 5.40. The van der Waals surface area contributed by atoms with Crippen LogP contribution in [0.1, 0.15) is 11.1 Å². The van der Waals surface area contributed by atoms with E-state index in [1.807, 2.05) is 18.2 Å². The Morgan fingerprint density at radius 1 is 1.03 bits per heavy atom. The number of rotatable bonds is 8. The van der Waals surface area contributed by atoms with Crippen LogP contribution in [-0.2, 0) is 6.61 Å². The molecule has 0 atom stereocenters. The van der Waals surface area contributed by atoms with Crippen molar-refractivity contribution in [1.82, 2.24) is 15.2 Å². The van der Waals surface area contributed by atoms with Gasteiger partial charge in [0.2, 0.25) is 5.95 Å². The quantitative estimate of drug-likeness (QED) is 0.314. The number of ether oxygens (including phenoxy) is 2. The molecule has 0 saturated carbocycles. The van der Waals surface area contributed by atoms with Crippen molar-refractivity contribution < 1.29 is 13.9 Å². The molecule has 3 aromatic carbocycles. The van der Waals surface area contributed by atoms with Gasteiger partial charge in [0.05, 0.1) is 13.3 Å². The Bertz CT molecular complexity index is 1330. The number of hydrogen-bond donors (Lipinski definition) is 2. The van der Waals surface area contributed by atoms with Crippen LogP contribution in [0.4, 0.5) is 10.3 Å². The van der Waals surface area contributed by atoms with E-state index < -0.39 is 0 Å².